The number of carbonyl (C=O) groups excluding carboxylic acids is 1. The summed E-state index contributed by atoms with van der Waals surface area (Å²) in [4.78, 5) is 28.4. The van der Waals surface area contributed by atoms with Crippen LogP contribution in [-0.2, 0) is 12.4 Å². The van der Waals surface area contributed by atoms with Gasteiger partial charge in [-0.15, -0.1) is 0 Å². The standard InChI is InChI=1S/C23H22F6N6O2/c24-22(25,26)16-11-17(23(27,28)29)13-18(12-16)33-21(36)35-9-7-34(8-10-35)19-20(32-6-5-31-19)37-14-15-1-3-30-4-2-15/h1,3-6,11-13,15H,2,7-10,14H2,(H,33,36). The molecular formula is C23H22F6N6O2. The first-order chi connectivity index (χ1) is 17.5. The van der Waals surface area contributed by atoms with Crippen molar-refractivity contribution < 1.29 is 35.9 Å². The van der Waals surface area contributed by atoms with Gasteiger partial charge in [0.2, 0.25) is 0 Å². The highest BCUT2D eigenvalue weighted by molar-refractivity contribution is 5.89. The van der Waals surface area contributed by atoms with Gasteiger partial charge in [0.05, 0.1) is 17.7 Å². The average molecular weight is 528 g/mol. The maximum Gasteiger partial charge on any atom is 0.416 e. The first-order valence-corrected chi connectivity index (χ1v) is 11.2. The molecule has 1 aromatic carbocycles. The lowest BCUT2D eigenvalue weighted by atomic mass is 10.1. The fourth-order valence-corrected chi connectivity index (χ4v) is 3.80. The van der Waals surface area contributed by atoms with Gasteiger partial charge in [0.15, 0.2) is 5.82 Å². The van der Waals surface area contributed by atoms with Crippen LogP contribution in [0.5, 0.6) is 5.88 Å². The summed E-state index contributed by atoms with van der Waals surface area (Å²) in [6.07, 6.45) is -0.883. The number of carbonyl (C=O) groups is 1. The summed E-state index contributed by atoms with van der Waals surface area (Å²) >= 11 is 0. The van der Waals surface area contributed by atoms with Gasteiger partial charge in [-0.2, -0.15) is 26.3 Å². The molecular weight excluding hydrogens is 506 g/mol. The van der Waals surface area contributed by atoms with Crippen LogP contribution in [0, 0.1) is 5.92 Å². The molecule has 2 aliphatic heterocycles. The molecule has 0 spiro atoms. The van der Waals surface area contributed by atoms with Crippen LogP contribution >= 0.6 is 0 Å². The molecule has 4 rings (SSSR count). The molecule has 1 saturated heterocycles. The number of amides is 2. The summed E-state index contributed by atoms with van der Waals surface area (Å²) < 4.78 is 84.5. The van der Waals surface area contributed by atoms with Crippen LogP contribution in [0.1, 0.15) is 17.5 Å². The third-order valence-electron chi connectivity index (χ3n) is 5.74. The number of hydrogen-bond acceptors (Lipinski definition) is 6. The molecule has 1 aromatic heterocycles. The number of aromatic nitrogens is 2. The number of urea groups is 1. The fraction of sp³-hybridized carbons (Fsp3) is 0.391. The lowest BCUT2D eigenvalue weighted by Crippen LogP contribution is -2.50. The van der Waals surface area contributed by atoms with Gasteiger partial charge < -0.3 is 19.9 Å². The number of aliphatic imine (C=N–C) groups is 1. The van der Waals surface area contributed by atoms with Gasteiger partial charge in [0, 0.05) is 62.6 Å². The van der Waals surface area contributed by atoms with Crippen molar-refractivity contribution in [3.63, 3.8) is 0 Å². The molecule has 0 bridgehead atoms. The molecule has 2 aliphatic rings. The largest absolute Gasteiger partial charge is 0.474 e. The predicted molar refractivity (Wildman–Crippen MR) is 123 cm³/mol. The predicted octanol–water partition coefficient (Wildman–Crippen LogP) is 4.85. The Kier molecular flexibility index (Phi) is 7.55. The van der Waals surface area contributed by atoms with E-state index in [-0.39, 0.29) is 25.1 Å². The van der Waals surface area contributed by atoms with Crippen molar-refractivity contribution in [1.29, 1.82) is 0 Å². The molecule has 8 nitrogen and oxygen atoms in total. The number of piperazine rings is 1. The molecule has 2 aromatic rings. The van der Waals surface area contributed by atoms with E-state index < -0.39 is 35.2 Å². The summed E-state index contributed by atoms with van der Waals surface area (Å²) in [6.45, 7) is 1.26. The normalized spacial score (nSPS) is 18.2. The smallest absolute Gasteiger partial charge is 0.416 e. The Balaban J connectivity index is 1.39. The van der Waals surface area contributed by atoms with Gasteiger partial charge in [0.1, 0.15) is 0 Å². The first kappa shape index (κ1) is 26.2. The third kappa shape index (κ3) is 6.68. The van der Waals surface area contributed by atoms with E-state index in [2.05, 4.69) is 20.3 Å². The van der Waals surface area contributed by atoms with Gasteiger partial charge >= 0.3 is 18.4 Å². The maximum absolute atomic E-state index is 13.1. The Morgan fingerprint density at radius 1 is 0.973 bits per heavy atom. The minimum atomic E-state index is -5.01. The fourth-order valence-electron chi connectivity index (χ4n) is 3.80. The maximum atomic E-state index is 13.1. The third-order valence-corrected chi connectivity index (χ3v) is 5.74. The summed E-state index contributed by atoms with van der Waals surface area (Å²) in [6, 6.07) is 0.140. The van der Waals surface area contributed by atoms with Crippen LogP contribution in [0.15, 0.2) is 47.9 Å². The lowest BCUT2D eigenvalue weighted by molar-refractivity contribution is -0.143. The Morgan fingerprint density at radius 3 is 2.22 bits per heavy atom. The van der Waals surface area contributed by atoms with E-state index in [1.54, 1.807) is 12.4 Å². The zero-order chi connectivity index (χ0) is 26.6. The van der Waals surface area contributed by atoms with Gasteiger partial charge in [-0.05, 0) is 24.6 Å². The van der Waals surface area contributed by atoms with E-state index in [9.17, 15) is 31.1 Å². The number of alkyl halides is 6. The van der Waals surface area contributed by atoms with Crippen molar-refractivity contribution in [3.8, 4) is 5.88 Å². The molecule has 0 aliphatic carbocycles. The summed E-state index contributed by atoms with van der Waals surface area (Å²) in [5, 5.41) is 2.16. The number of anilines is 2. The highest BCUT2D eigenvalue weighted by atomic mass is 19.4. The number of benzene rings is 1. The number of rotatable bonds is 5. The minimum absolute atomic E-state index is 0.00707. The number of halogens is 6. The Hall–Kier alpha value is -3.84. The molecule has 14 heteroatoms. The van der Waals surface area contributed by atoms with Crippen molar-refractivity contribution >= 4 is 23.8 Å². The minimum Gasteiger partial charge on any atom is -0.474 e. The van der Waals surface area contributed by atoms with Gasteiger partial charge in [-0.25, -0.2) is 14.8 Å². The van der Waals surface area contributed by atoms with E-state index in [1.165, 1.54) is 17.3 Å². The second-order valence-corrected chi connectivity index (χ2v) is 8.36. The summed E-state index contributed by atoms with van der Waals surface area (Å²) in [5.41, 5.74) is -3.61. The zero-order valence-electron chi connectivity index (χ0n) is 19.3. The second kappa shape index (κ2) is 10.6. The monoisotopic (exact) mass is 528 g/mol. The quantitative estimate of drug-likeness (QED) is 0.561. The summed E-state index contributed by atoms with van der Waals surface area (Å²) in [7, 11) is 0. The molecule has 0 radical (unpaired) electrons. The molecule has 1 fully saturated rings. The molecule has 37 heavy (non-hydrogen) atoms. The number of ether oxygens (including phenoxy) is 1. The van der Waals surface area contributed by atoms with Crippen LogP contribution in [-0.4, -0.2) is 59.9 Å². The Morgan fingerprint density at radius 2 is 1.62 bits per heavy atom. The van der Waals surface area contributed by atoms with Crippen LogP contribution < -0.4 is 15.0 Å². The van der Waals surface area contributed by atoms with E-state index in [4.69, 9.17) is 4.74 Å². The Bertz CT molecular complexity index is 1140. The first-order valence-electron chi connectivity index (χ1n) is 11.2. The van der Waals surface area contributed by atoms with Crippen LogP contribution in [0.25, 0.3) is 0 Å². The summed E-state index contributed by atoms with van der Waals surface area (Å²) in [5.74, 6) is 0.935. The van der Waals surface area contributed by atoms with Crippen molar-refractivity contribution in [3.05, 3.63) is 54.0 Å². The zero-order valence-corrected chi connectivity index (χ0v) is 19.3. The van der Waals surface area contributed by atoms with Crippen molar-refractivity contribution in [2.24, 2.45) is 10.9 Å². The van der Waals surface area contributed by atoms with E-state index >= 15 is 0 Å². The van der Waals surface area contributed by atoms with Gasteiger partial charge in [-0.3, -0.25) is 4.99 Å². The molecule has 2 amide bonds. The number of nitrogens with zero attached hydrogens (tertiary/aromatic N) is 5. The van der Waals surface area contributed by atoms with Gasteiger partial charge in [-0.1, -0.05) is 6.08 Å². The molecule has 3 heterocycles. The van der Waals surface area contributed by atoms with Crippen LogP contribution in [0.3, 0.4) is 0 Å². The second-order valence-electron chi connectivity index (χ2n) is 8.36. The number of nitrogens with one attached hydrogen (secondary N) is 1. The number of hydrogen-bond donors (Lipinski definition) is 1. The van der Waals surface area contributed by atoms with E-state index in [0.29, 0.717) is 43.5 Å². The highest BCUT2D eigenvalue weighted by Crippen LogP contribution is 2.37. The molecule has 1 unspecified atom stereocenters. The molecule has 1 N–H and O–H groups in total. The van der Waals surface area contributed by atoms with Crippen molar-refractivity contribution in [2.75, 3.05) is 43.0 Å². The van der Waals surface area contributed by atoms with Crippen LogP contribution in [0.4, 0.5) is 42.6 Å². The van der Waals surface area contributed by atoms with E-state index in [1.807, 2.05) is 11.0 Å². The topological polar surface area (TPSA) is 83.0 Å². The SMILES string of the molecule is O=C(Nc1cc(C(F)(F)F)cc(C(F)(F)F)c1)N1CCN(c2nccnc2OCC2C=CN=CC2)CC1. The average Bonchev–Trinajstić information content (AvgIpc) is 2.87. The Labute approximate surface area is 207 Å². The molecule has 0 saturated carbocycles. The highest BCUT2D eigenvalue weighted by Gasteiger charge is 2.37. The van der Waals surface area contributed by atoms with Crippen molar-refractivity contribution in [1.82, 2.24) is 14.9 Å². The van der Waals surface area contributed by atoms with Crippen molar-refractivity contribution in [2.45, 2.75) is 18.8 Å². The lowest BCUT2D eigenvalue weighted by Gasteiger charge is -2.35. The van der Waals surface area contributed by atoms with Gasteiger partial charge in [0.25, 0.3) is 5.88 Å². The van der Waals surface area contributed by atoms with Crippen LogP contribution in [0.2, 0.25) is 0 Å². The molecule has 1 atom stereocenters. The van der Waals surface area contributed by atoms with E-state index in [0.717, 1.165) is 6.42 Å². The molecule has 198 valence electrons.